The van der Waals surface area contributed by atoms with Crippen LogP contribution in [0.15, 0.2) is 0 Å². The van der Waals surface area contributed by atoms with Gasteiger partial charge in [-0.3, -0.25) is 0 Å². The predicted octanol–water partition coefficient (Wildman–Crippen LogP) is -11.3. The molecule has 0 saturated carbocycles. The first kappa shape index (κ1) is 36.0. The average molecular weight is 108 g/mol. The molecule has 0 fully saturated rings. The van der Waals surface area contributed by atoms with Gasteiger partial charge in [0.25, 0.3) is 0 Å². The van der Waals surface area contributed by atoms with Crippen LogP contribution in [-0.2, 0) is 0 Å². The summed E-state index contributed by atoms with van der Waals surface area (Å²) in [5, 5.41) is 0. The SMILES string of the molecule is C.[Na+].[Na+].[Na+].[Na+]. The maximum absolute atomic E-state index is 0. The van der Waals surface area contributed by atoms with Crippen LogP contribution in [0.2, 0.25) is 0 Å². The van der Waals surface area contributed by atoms with Gasteiger partial charge in [-0.2, -0.15) is 0 Å². The van der Waals surface area contributed by atoms with E-state index < -0.39 is 0 Å². The molecule has 0 rings (SSSR count). The Hall–Kier alpha value is 4.00. The van der Waals surface area contributed by atoms with E-state index in [1.54, 1.807) is 0 Å². The number of hydrogen-bond acceptors (Lipinski definition) is 0. The monoisotopic (exact) mass is 108 g/mol. The normalized spacial score (nSPS) is 0. The van der Waals surface area contributed by atoms with E-state index in [9.17, 15) is 0 Å². The van der Waals surface area contributed by atoms with Crippen LogP contribution in [0.25, 0.3) is 0 Å². The molecule has 8 valence electrons. The fourth-order valence-corrected chi connectivity index (χ4v) is 0. The van der Waals surface area contributed by atoms with Crippen molar-refractivity contribution in [1.82, 2.24) is 0 Å². The molecular formula is CH4Na4+4. The first-order valence-electron chi connectivity index (χ1n) is 0. The van der Waals surface area contributed by atoms with Crippen LogP contribution in [0.4, 0.5) is 0 Å². The molecule has 5 heavy (non-hydrogen) atoms. The standard InChI is InChI=1S/CH4.4Na/h1H4;;;;/q;4*+1. The molecule has 0 aromatic heterocycles. The molecule has 0 N–H and O–H groups in total. The van der Waals surface area contributed by atoms with Crippen LogP contribution in [-0.4, -0.2) is 0 Å². The summed E-state index contributed by atoms with van der Waals surface area (Å²) >= 11 is 0. The van der Waals surface area contributed by atoms with Gasteiger partial charge in [0.2, 0.25) is 0 Å². The molecule has 0 heterocycles. The van der Waals surface area contributed by atoms with E-state index in [1.807, 2.05) is 0 Å². The van der Waals surface area contributed by atoms with Gasteiger partial charge in [-0.1, -0.05) is 7.43 Å². The summed E-state index contributed by atoms with van der Waals surface area (Å²) in [6, 6.07) is 0. The summed E-state index contributed by atoms with van der Waals surface area (Å²) in [7, 11) is 0. The summed E-state index contributed by atoms with van der Waals surface area (Å²) < 4.78 is 0. The molecule has 0 nitrogen and oxygen atoms in total. The van der Waals surface area contributed by atoms with E-state index in [0.29, 0.717) is 0 Å². The summed E-state index contributed by atoms with van der Waals surface area (Å²) in [5.41, 5.74) is 0. The molecule has 0 aliphatic rings. The van der Waals surface area contributed by atoms with Crippen LogP contribution in [0.1, 0.15) is 7.43 Å². The van der Waals surface area contributed by atoms with Crippen molar-refractivity contribution in [2.75, 3.05) is 0 Å². The number of hydrogen-bond donors (Lipinski definition) is 0. The topological polar surface area (TPSA) is 0 Å². The zero-order valence-corrected chi connectivity index (χ0v) is 12.0. The minimum absolute atomic E-state index is 0. The van der Waals surface area contributed by atoms with Gasteiger partial charge in [0.05, 0.1) is 0 Å². The molecule has 0 aliphatic carbocycles. The van der Waals surface area contributed by atoms with Gasteiger partial charge in [-0.15, -0.1) is 0 Å². The van der Waals surface area contributed by atoms with E-state index in [4.69, 9.17) is 0 Å². The van der Waals surface area contributed by atoms with Crippen LogP contribution in [0.5, 0.6) is 0 Å². The Morgan fingerprint density at radius 3 is 0.400 bits per heavy atom. The first-order valence-corrected chi connectivity index (χ1v) is 0. The molecule has 4 heteroatoms. The Kier molecular flexibility index (Phi) is 176. The summed E-state index contributed by atoms with van der Waals surface area (Å²) in [6.45, 7) is 0. The van der Waals surface area contributed by atoms with Crippen LogP contribution in [0.3, 0.4) is 0 Å². The van der Waals surface area contributed by atoms with Gasteiger partial charge < -0.3 is 0 Å². The Morgan fingerprint density at radius 1 is 0.400 bits per heavy atom. The molecule has 0 bridgehead atoms. The maximum atomic E-state index is 0. The second kappa shape index (κ2) is 24.5. The predicted molar refractivity (Wildman–Crippen MR) is 6.73 cm³/mol. The van der Waals surface area contributed by atoms with E-state index in [1.165, 1.54) is 0 Å². The molecule has 0 spiro atoms. The third-order valence-electron chi connectivity index (χ3n) is 0. The second-order valence-electron chi connectivity index (χ2n) is 0. The van der Waals surface area contributed by atoms with Crippen molar-refractivity contribution < 1.29 is 118 Å². The minimum atomic E-state index is 0. The van der Waals surface area contributed by atoms with Crippen molar-refractivity contribution in [3.63, 3.8) is 0 Å². The Labute approximate surface area is 122 Å². The summed E-state index contributed by atoms with van der Waals surface area (Å²) in [4.78, 5) is 0. The van der Waals surface area contributed by atoms with Crippen LogP contribution in [0, 0.1) is 0 Å². The van der Waals surface area contributed by atoms with E-state index in [2.05, 4.69) is 0 Å². The van der Waals surface area contributed by atoms with Gasteiger partial charge in [-0.05, 0) is 0 Å². The van der Waals surface area contributed by atoms with Crippen molar-refractivity contribution in [3.05, 3.63) is 0 Å². The molecule has 0 aromatic carbocycles. The minimum Gasteiger partial charge on any atom is -0.0776 e. The molecular weight excluding hydrogens is 104 g/mol. The zero-order valence-electron chi connectivity index (χ0n) is 4.00. The molecule has 0 amide bonds. The maximum Gasteiger partial charge on any atom is 1.00 e. The Bertz CT molecular complexity index is 3.61. The van der Waals surface area contributed by atoms with Crippen LogP contribution < -0.4 is 118 Å². The third kappa shape index (κ3) is 18.0. The molecule has 0 aromatic rings. The van der Waals surface area contributed by atoms with E-state index >= 15 is 0 Å². The quantitative estimate of drug-likeness (QED) is 0.270. The van der Waals surface area contributed by atoms with Crippen molar-refractivity contribution >= 4 is 0 Å². The van der Waals surface area contributed by atoms with Gasteiger partial charge in [0.15, 0.2) is 0 Å². The van der Waals surface area contributed by atoms with Crippen molar-refractivity contribution in [3.8, 4) is 0 Å². The summed E-state index contributed by atoms with van der Waals surface area (Å²) in [6.07, 6.45) is 0. The first-order chi connectivity index (χ1) is 0. The smallest absolute Gasteiger partial charge is 0.0776 e. The van der Waals surface area contributed by atoms with Crippen molar-refractivity contribution in [2.24, 2.45) is 0 Å². The average Bonchev–Trinajstić information content (AvgIpc) is 0. The fraction of sp³-hybridized carbons (Fsp3) is 1.00. The second-order valence-corrected chi connectivity index (χ2v) is 0. The molecule has 0 unspecified atom stereocenters. The van der Waals surface area contributed by atoms with Gasteiger partial charge >= 0.3 is 118 Å². The molecule has 0 radical (unpaired) electrons. The molecule has 0 saturated heterocycles. The van der Waals surface area contributed by atoms with Crippen molar-refractivity contribution in [2.45, 2.75) is 7.43 Å². The van der Waals surface area contributed by atoms with Crippen LogP contribution >= 0.6 is 0 Å². The largest absolute Gasteiger partial charge is 1.00 e. The Balaban J connectivity index is 0. The zero-order chi connectivity index (χ0) is 0. The molecule has 0 atom stereocenters. The van der Waals surface area contributed by atoms with E-state index in [-0.39, 0.29) is 126 Å². The number of rotatable bonds is 0. The molecule has 0 aliphatic heterocycles. The Morgan fingerprint density at radius 2 is 0.400 bits per heavy atom. The fourth-order valence-electron chi connectivity index (χ4n) is 0. The van der Waals surface area contributed by atoms with Gasteiger partial charge in [0, 0.05) is 0 Å². The van der Waals surface area contributed by atoms with Crippen molar-refractivity contribution in [1.29, 1.82) is 0 Å². The van der Waals surface area contributed by atoms with Gasteiger partial charge in [-0.25, -0.2) is 0 Å². The third-order valence-corrected chi connectivity index (χ3v) is 0. The summed E-state index contributed by atoms with van der Waals surface area (Å²) in [5.74, 6) is 0. The van der Waals surface area contributed by atoms with Gasteiger partial charge in [0.1, 0.15) is 0 Å². The van der Waals surface area contributed by atoms with E-state index in [0.717, 1.165) is 0 Å².